The number of aryl methyl sites for hydroxylation is 2. The number of carbonyl (C=O) groups excluding carboxylic acids is 1. The van der Waals surface area contributed by atoms with E-state index in [1.54, 1.807) is 28.9 Å². The maximum absolute atomic E-state index is 12.5. The minimum Gasteiger partial charge on any atom is -0.267 e. The van der Waals surface area contributed by atoms with Crippen LogP contribution in [0.15, 0.2) is 52.9 Å². The molecule has 3 nitrogen and oxygen atoms in total. The van der Waals surface area contributed by atoms with Gasteiger partial charge in [-0.25, -0.2) is 5.43 Å². The summed E-state index contributed by atoms with van der Waals surface area (Å²) >= 11 is 3.27. The fourth-order valence-corrected chi connectivity index (χ4v) is 4.14. The molecule has 0 atom stereocenters. The number of hydrazone groups is 1. The van der Waals surface area contributed by atoms with E-state index in [0.717, 1.165) is 27.3 Å². The number of nitrogens with zero attached hydrogens (tertiary/aromatic N) is 1. The van der Waals surface area contributed by atoms with Crippen LogP contribution in [-0.2, 0) is 6.42 Å². The largest absolute Gasteiger partial charge is 0.272 e. The smallest absolute Gasteiger partial charge is 0.267 e. The van der Waals surface area contributed by atoms with Gasteiger partial charge >= 0.3 is 0 Å². The van der Waals surface area contributed by atoms with E-state index in [1.165, 1.54) is 4.88 Å². The summed E-state index contributed by atoms with van der Waals surface area (Å²) in [6.07, 6.45) is 2.71. The summed E-state index contributed by atoms with van der Waals surface area (Å²) in [5.74, 6) is -0.179. The van der Waals surface area contributed by atoms with Crippen LogP contribution in [0.2, 0.25) is 0 Å². The van der Waals surface area contributed by atoms with Crippen LogP contribution in [0.5, 0.6) is 0 Å². The van der Waals surface area contributed by atoms with Crippen LogP contribution in [0.1, 0.15) is 31.9 Å². The standard InChI is InChI=1S/C19H18N2OS2/c1-3-15-9-10-16(24-15)11-20-21-19(22)17-12-23-13(2)18(17)14-7-5-4-6-8-14/h4-12H,3H2,1-2H3,(H,21,22). The molecule has 2 heterocycles. The predicted molar refractivity (Wildman–Crippen MR) is 103 cm³/mol. The molecule has 3 rings (SSSR count). The summed E-state index contributed by atoms with van der Waals surface area (Å²) in [5, 5.41) is 5.99. The number of thiophene rings is 2. The zero-order valence-corrected chi connectivity index (χ0v) is 15.2. The molecule has 2 aromatic heterocycles. The highest BCUT2D eigenvalue weighted by Crippen LogP contribution is 2.32. The molecule has 0 fully saturated rings. The molecule has 24 heavy (non-hydrogen) atoms. The van der Waals surface area contributed by atoms with Crippen LogP contribution < -0.4 is 5.43 Å². The molecular weight excluding hydrogens is 336 g/mol. The molecule has 0 aliphatic heterocycles. The second kappa shape index (κ2) is 7.55. The molecule has 0 bridgehead atoms. The Kier molecular flexibility index (Phi) is 5.23. The monoisotopic (exact) mass is 354 g/mol. The molecule has 0 aliphatic carbocycles. The molecule has 5 heteroatoms. The van der Waals surface area contributed by atoms with Crippen LogP contribution in [0.25, 0.3) is 11.1 Å². The average molecular weight is 354 g/mol. The van der Waals surface area contributed by atoms with Crippen LogP contribution in [0.4, 0.5) is 0 Å². The third-order valence-corrected chi connectivity index (χ3v) is 5.75. The number of hydrogen-bond donors (Lipinski definition) is 1. The molecular formula is C19H18N2OS2. The van der Waals surface area contributed by atoms with E-state index >= 15 is 0 Å². The zero-order valence-electron chi connectivity index (χ0n) is 13.6. The number of benzene rings is 1. The van der Waals surface area contributed by atoms with Gasteiger partial charge in [0.1, 0.15) is 0 Å². The van der Waals surface area contributed by atoms with Crippen molar-refractivity contribution < 1.29 is 4.79 Å². The minimum absolute atomic E-state index is 0.179. The predicted octanol–water partition coefficient (Wildman–Crippen LogP) is 5.11. The van der Waals surface area contributed by atoms with Crippen LogP contribution >= 0.6 is 22.7 Å². The Morgan fingerprint density at radius 2 is 2.00 bits per heavy atom. The molecule has 1 amide bonds. The van der Waals surface area contributed by atoms with Gasteiger partial charge in [0.05, 0.1) is 11.8 Å². The highest BCUT2D eigenvalue weighted by atomic mass is 32.1. The van der Waals surface area contributed by atoms with Gasteiger partial charge in [-0.2, -0.15) is 5.10 Å². The summed E-state index contributed by atoms with van der Waals surface area (Å²) in [6.45, 7) is 4.16. The van der Waals surface area contributed by atoms with Gasteiger partial charge in [-0.3, -0.25) is 4.79 Å². The second-order valence-electron chi connectivity index (χ2n) is 5.30. The van der Waals surface area contributed by atoms with Crippen LogP contribution in [0.3, 0.4) is 0 Å². The summed E-state index contributed by atoms with van der Waals surface area (Å²) in [5.41, 5.74) is 5.35. The molecule has 3 aromatic rings. The third-order valence-electron chi connectivity index (χ3n) is 3.67. The second-order valence-corrected chi connectivity index (χ2v) is 7.59. The van der Waals surface area contributed by atoms with Crippen molar-refractivity contribution in [2.75, 3.05) is 0 Å². The molecule has 1 aromatic carbocycles. The highest BCUT2D eigenvalue weighted by molar-refractivity contribution is 7.13. The zero-order chi connectivity index (χ0) is 16.9. The van der Waals surface area contributed by atoms with Crippen molar-refractivity contribution in [3.05, 3.63) is 68.0 Å². The SMILES string of the molecule is CCc1ccc(C=NNC(=O)c2csc(C)c2-c2ccccc2)s1. The summed E-state index contributed by atoms with van der Waals surface area (Å²) in [6, 6.07) is 14.1. The Bertz CT molecular complexity index is 863. The van der Waals surface area contributed by atoms with E-state index in [4.69, 9.17) is 0 Å². The van der Waals surface area contributed by atoms with Gasteiger partial charge in [-0.05, 0) is 31.0 Å². The molecule has 0 saturated carbocycles. The number of nitrogens with one attached hydrogen (secondary N) is 1. The minimum atomic E-state index is -0.179. The molecule has 0 saturated heterocycles. The van der Waals surface area contributed by atoms with Crippen LogP contribution in [-0.4, -0.2) is 12.1 Å². The number of rotatable bonds is 5. The fourth-order valence-electron chi connectivity index (χ4n) is 2.45. The Balaban J connectivity index is 1.76. The average Bonchev–Trinajstić information content (AvgIpc) is 3.22. The Hall–Kier alpha value is -2.24. The molecule has 1 N–H and O–H groups in total. The highest BCUT2D eigenvalue weighted by Gasteiger charge is 2.16. The van der Waals surface area contributed by atoms with Crippen molar-refractivity contribution in [2.45, 2.75) is 20.3 Å². The molecule has 0 spiro atoms. The Labute approximate surface area is 149 Å². The van der Waals surface area contributed by atoms with Crippen molar-refractivity contribution in [1.82, 2.24) is 5.43 Å². The number of amides is 1. The van der Waals surface area contributed by atoms with Crippen molar-refractivity contribution in [2.24, 2.45) is 5.10 Å². The van der Waals surface area contributed by atoms with Crippen molar-refractivity contribution in [3.8, 4) is 11.1 Å². The van der Waals surface area contributed by atoms with E-state index < -0.39 is 0 Å². The maximum atomic E-state index is 12.5. The van der Waals surface area contributed by atoms with Gasteiger partial charge in [0.15, 0.2) is 0 Å². The first-order valence-corrected chi connectivity index (χ1v) is 9.44. The first-order valence-electron chi connectivity index (χ1n) is 7.74. The van der Waals surface area contributed by atoms with Gasteiger partial charge in [0.2, 0.25) is 0 Å². The van der Waals surface area contributed by atoms with E-state index in [0.29, 0.717) is 5.56 Å². The van der Waals surface area contributed by atoms with Crippen molar-refractivity contribution >= 4 is 34.8 Å². The topological polar surface area (TPSA) is 41.5 Å². The number of carbonyl (C=O) groups is 1. The Morgan fingerprint density at radius 1 is 1.21 bits per heavy atom. The lowest BCUT2D eigenvalue weighted by atomic mass is 10.0. The maximum Gasteiger partial charge on any atom is 0.272 e. The van der Waals surface area contributed by atoms with E-state index in [-0.39, 0.29) is 5.91 Å². The van der Waals surface area contributed by atoms with E-state index in [9.17, 15) is 4.79 Å². The van der Waals surface area contributed by atoms with Gasteiger partial charge in [-0.15, -0.1) is 22.7 Å². The Morgan fingerprint density at radius 3 is 2.71 bits per heavy atom. The first-order chi connectivity index (χ1) is 11.7. The fraction of sp³-hybridized carbons (Fsp3) is 0.158. The first kappa shape index (κ1) is 16.6. The van der Waals surface area contributed by atoms with Crippen LogP contribution in [0, 0.1) is 6.92 Å². The summed E-state index contributed by atoms with van der Waals surface area (Å²) < 4.78 is 0. The summed E-state index contributed by atoms with van der Waals surface area (Å²) in [7, 11) is 0. The normalized spacial score (nSPS) is 11.1. The molecule has 122 valence electrons. The van der Waals surface area contributed by atoms with Crippen molar-refractivity contribution in [3.63, 3.8) is 0 Å². The lowest BCUT2D eigenvalue weighted by Gasteiger charge is -2.05. The molecule has 0 aliphatic rings. The van der Waals surface area contributed by atoms with Gasteiger partial charge in [0.25, 0.3) is 5.91 Å². The van der Waals surface area contributed by atoms with Gasteiger partial charge in [-0.1, -0.05) is 37.3 Å². The quantitative estimate of drug-likeness (QED) is 0.502. The van der Waals surface area contributed by atoms with E-state index in [2.05, 4.69) is 23.5 Å². The molecule has 0 unspecified atom stereocenters. The summed E-state index contributed by atoms with van der Waals surface area (Å²) in [4.78, 5) is 16.0. The lowest BCUT2D eigenvalue weighted by molar-refractivity contribution is 0.0956. The van der Waals surface area contributed by atoms with Gasteiger partial charge in [0, 0.05) is 25.6 Å². The van der Waals surface area contributed by atoms with Gasteiger partial charge < -0.3 is 0 Å². The number of hydrogen-bond acceptors (Lipinski definition) is 4. The lowest BCUT2D eigenvalue weighted by Crippen LogP contribution is -2.17. The van der Waals surface area contributed by atoms with Crippen molar-refractivity contribution in [1.29, 1.82) is 0 Å². The third kappa shape index (κ3) is 3.63. The van der Waals surface area contributed by atoms with E-state index in [1.807, 2.05) is 48.7 Å². The molecule has 0 radical (unpaired) electrons.